The largest absolute Gasteiger partial charge is 0.411 e. The maximum absolute atomic E-state index is 13.1. The molecule has 3 aromatic carbocycles. The van der Waals surface area contributed by atoms with Crippen molar-refractivity contribution in [3.05, 3.63) is 102 Å². The average molecular weight is 434 g/mol. The Kier molecular flexibility index (Phi) is 6.74. The van der Waals surface area contributed by atoms with Crippen LogP contribution in [-0.2, 0) is 11.2 Å². The summed E-state index contributed by atoms with van der Waals surface area (Å²) < 4.78 is 18.6. The van der Waals surface area contributed by atoms with Crippen LogP contribution >= 0.6 is 11.8 Å². The third-order valence-corrected chi connectivity index (χ3v) is 5.46. The second kappa shape index (κ2) is 10.0. The van der Waals surface area contributed by atoms with Gasteiger partial charge in [-0.2, -0.15) is 0 Å². The van der Waals surface area contributed by atoms with E-state index < -0.39 is 0 Å². The minimum Gasteiger partial charge on any atom is -0.411 e. The summed E-state index contributed by atoms with van der Waals surface area (Å²) in [5.74, 6) is -0.0353. The molecule has 1 amide bonds. The van der Waals surface area contributed by atoms with E-state index in [1.807, 2.05) is 60.7 Å². The first-order valence-corrected chi connectivity index (χ1v) is 10.8. The molecular weight excluding hydrogens is 413 g/mol. The third kappa shape index (κ3) is 5.79. The number of thioether (sulfide) groups is 1. The molecule has 0 radical (unpaired) electrons. The van der Waals surface area contributed by atoms with Crippen LogP contribution in [0.3, 0.4) is 0 Å². The van der Waals surface area contributed by atoms with Crippen molar-refractivity contribution in [1.29, 1.82) is 0 Å². The van der Waals surface area contributed by atoms with Crippen molar-refractivity contribution in [1.82, 2.24) is 15.5 Å². The minimum absolute atomic E-state index is 0.128. The molecule has 156 valence electrons. The van der Waals surface area contributed by atoms with E-state index in [-0.39, 0.29) is 34.6 Å². The quantitative estimate of drug-likeness (QED) is 0.393. The molecule has 1 atom stereocenters. The van der Waals surface area contributed by atoms with Crippen molar-refractivity contribution in [3.8, 4) is 11.5 Å². The van der Waals surface area contributed by atoms with Crippen LogP contribution in [0.4, 0.5) is 4.39 Å². The molecule has 1 heterocycles. The van der Waals surface area contributed by atoms with Gasteiger partial charge in [0.2, 0.25) is 11.8 Å². The first-order valence-electron chi connectivity index (χ1n) is 9.78. The normalized spacial score (nSPS) is 11.8. The number of nitrogens with one attached hydrogen (secondary N) is 1. The van der Waals surface area contributed by atoms with E-state index in [4.69, 9.17) is 4.42 Å². The monoisotopic (exact) mass is 433 g/mol. The Bertz CT molecular complexity index is 1120. The number of nitrogens with zero attached hydrogens (tertiary/aromatic N) is 2. The number of hydrogen-bond acceptors (Lipinski definition) is 5. The Hall–Kier alpha value is -3.45. The number of halogens is 1. The Morgan fingerprint density at radius 3 is 2.32 bits per heavy atom. The van der Waals surface area contributed by atoms with Gasteiger partial charge in [0.1, 0.15) is 5.82 Å². The van der Waals surface area contributed by atoms with Crippen molar-refractivity contribution in [2.24, 2.45) is 0 Å². The van der Waals surface area contributed by atoms with Crippen LogP contribution in [0.2, 0.25) is 0 Å². The van der Waals surface area contributed by atoms with E-state index in [1.165, 1.54) is 12.1 Å². The van der Waals surface area contributed by atoms with Crippen molar-refractivity contribution in [3.63, 3.8) is 0 Å². The van der Waals surface area contributed by atoms with Gasteiger partial charge in [-0.25, -0.2) is 4.39 Å². The summed E-state index contributed by atoms with van der Waals surface area (Å²) in [6.45, 7) is 0. The highest BCUT2D eigenvalue weighted by Gasteiger charge is 2.17. The van der Waals surface area contributed by atoms with E-state index in [0.29, 0.717) is 12.0 Å². The number of carbonyl (C=O) groups is 1. The van der Waals surface area contributed by atoms with Crippen molar-refractivity contribution < 1.29 is 13.6 Å². The van der Waals surface area contributed by atoms with Crippen molar-refractivity contribution >= 4 is 17.7 Å². The maximum Gasteiger partial charge on any atom is 0.277 e. The van der Waals surface area contributed by atoms with E-state index in [1.54, 1.807) is 12.1 Å². The average Bonchev–Trinajstić information content (AvgIpc) is 3.28. The zero-order chi connectivity index (χ0) is 21.5. The Balaban J connectivity index is 1.38. The predicted octanol–water partition coefficient (Wildman–Crippen LogP) is 5.07. The topological polar surface area (TPSA) is 68.0 Å². The highest BCUT2D eigenvalue weighted by molar-refractivity contribution is 7.99. The minimum atomic E-state index is -0.335. The van der Waals surface area contributed by atoms with Gasteiger partial charge >= 0.3 is 0 Å². The zero-order valence-corrected chi connectivity index (χ0v) is 17.4. The lowest BCUT2D eigenvalue weighted by molar-refractivity contribution is -0.119. The van der Waals surface area contributed by atoms with Gasteiger partial charge in [0.05, 0.1) is 11.8 Å². The van der Waals surface area contributed by atoms with Crippen molar-refractivity contribution in [2.75, 3.05) is 5.75 Å². The van der Waals surface area contributed by atoms with E-state index in [0.717, 1.165) is 22.9 Å². The smallest absolute Gasteiger partial charge is 0.277 e. The second-order valence-corrected chi connectivity index (χ2v) is 7.82. The van der Waals surface area contributed by atoms with Crippen LogP contribution < -0.4 is 5.32 Å². The Morgan fingerprint density at radius 2 is 1.61 bits per heavy atom. The molecule has 0 fully saturated rings. The summed E-state index contributed by atoms with van der Waals surface area (Å²) in [5, 5.41) is 11.3. The first-order chi connectivity index (χ1) is 15.2. The van der Waals surface area contributed by atoms with Gasteiger partial charge in [-0.05, 0) is 41.8 Å². The molecule has 1 N–H and O–H groups in total. The van der Waals surface area contributed by atoms with Gasteiger partial charge in [0, 0.05) is 5.56 Å². The summed E-state index contributed by atoms with van der Waals surface area (Å²) >= 11 is 1.16. The SMILES string of the molecule is O=C(CSc1nnc(-c2ccc(F)cc2)o1)NC(Cc1ccccc1)c1ccccc1. The summed E-state index contributed by atoms with van der Waals surface area (Å²) in [4.78, 5) is 12.6. The van der Waals surface area contributed by atoms with E-state index in [2.05, 4.69) is 15.5 Å². The number of aromatic nitrogens is 2. The molecule has 7 heteroatoms. The molecule has 4 rings (SSSR count). The molecule has 1 aromatic heterocycles. The predicted molar refractivity (Wildman–Crippen MR) is 118 cm³/mol. The maximum atomic E-state index is 13.1. The molecule has 0 saturated carbocycles. The van der Waals surface area contributed by atoms with E-state index in [9.17, 15) is 9.18 Å². The molecule has 31 heavy (non-hydrogen) atoms. The van der Waals surface area contributed by atoms with Crippen LogP contribution in [0.1, 0.15) is 17.2 Å². The number of rotatable bonds is 8. The fourth-order valence-electron chi connectivity index (χ4n) is 3.13. The molecule has 0 aliphatic carbocycles. The van der Waals surface area contributed by atoms with Gasteiger partial charge in [-0.1, -0.05) is 72.4 Å². The number of carbonyl (C=O) groups excluding carboxylic acids is 1. The lowest BCUT2D eigenvalue weighted by Crippen LogP contribution is -2.31. The van der Waals surface area contributed by atoms with Gasteiger partial charge in [-0.3, -0.25) is 4.79 Å². The fourth-order valence-corrected chi connectivity index (χ4v) is 3.70. The number of benzene rings is 3. The Morgan fingerprint density at radius 1 is 0.935 bits per heavy atom. The van der Waals surface area contributed by atoms with Gasteiger partial charge < -0.3 is 9.73 Å². The fraction of sp³-hybridized carbons (Fsp3) is 0.125. The summed E-state index contributed by atoms with van der Waals surface area (Å²) in [7, 11) is 0. The molecule has 1 unspecified atom stereocenters. The third-order valence-electron chi connectivity index (χ3n) is 4.64. The molecule has 0 spiro atoms. The molecule has 0 aliphatic rings. The number of hydrogen-bond donors (Lipinski definition) is 1. The molecular formula is C24H20FN3O2S. The van der Waals surface area contributed by atoms with Crippen LogP contribution in [0.25, 0.3) is 11.5 Å². The van der Waals surface area contributed by atoms with Crippen LogP contribution in [0.5, 0.6) is 0 Å². The van der Waals surface area contributed by atoms with Crippen LogP contribution in [-0.4, -0.2) is 21.9 Å². The molecule has 0 bridgehead atoms. The van der Waals surface area contributed by atoms with Crippen LogP contribution in [0, 0.1) is 5.82 Å². The van der Waals surface area contributed by atoms with Gasteiger partial charge in [-0.15, -0.1) is 10.2 Å². The van der Waals surface area contributed by atoms with Gasteiger partial charge in [0.25, 0.3) is 5.22 Å². The first kappa shape index (κ1) is 20.8. The van der Waals surface area contributed by atoms with Gasteiger partial charge in [0.15, 0.2) is 0 Å². The summed E-state index contributed by atoms with van der Waals surface area (Å²) in [5.41, 5.74) is 2.81. The van der Waals surface area contributed by atoms with Crippen LogP contribution in [0.15, 0.2) is 94.6 Å². The van der Waals surface area contributed by atoms with E-state index >= 15 is 0 Å². The molecule has 0 aliphatic heterocycles. The lowest BCUT2D eigenvalue weighted by Gasteiger charge is -2.19. The number of amides is 1. The standard InChI is InChI=1S/C24H20FN3O2S/c25-20-13-11-19(12-14-20)23-27-28-24(30-23)31-16-22(29)26-21(18-9-5-2-6-10-18)15-17-7-3-1-4-8-17/h1-14,21H,15-16H2,(H,26,29). The Labute approximate surface area is 183 Å². The molecule has 4 aromatic rings. The summed E-state index contributed by atoms with van der Waals surface area (Å²) in [6.07, 6.45) is 0.691. The van der Waals surface area contributed by atoms with Crippen molar-refractivity contribution in [2.45, 2.75) is 17.7 Å². The second-order valence-electron chi connectivity index (χ2n) is 6.89. The highest BCUT2D eigenvalue weighted by Crippen LogP contribution is 2.24. The lowest BCUT2D eigenvalue weighted by atomic mass is 9.99. The summed E-state index contributed by atoms with van der Waals surface area (Å²) in [6, 6.07) is 25.6. The molecule has 0 saturated heterocycles. The molecule has 5 nitrogen and oxygen atoms in total. The zero-order valence-electron chi connectivity index (χ0n) is 16.6. The highest BCUT2D eigenvalue weighted by atomic mass is 32.2.